The first kappa shape index (κ1) is 17.6. The fourth-order valence-corrected chi connectivity index (χ4v) is 1.77. The lowest BCUT2D eigenvalue weighted by Gasteiger charge is -2.24. The Bertz CT molecular complexity index is 337. The van der Waals surface area contributed by atoms with Crippen molar-refractivity contribution in [2.75, 3.05) is 13.7 Å². The number of methoxy groups -OCH3 is 1. The van der Waals surface area contributed by atoms with Crippen LogP contribution < -0.4 is 0 Å². The average Bonchev–Trinajstić information content (AvgIpc) is 2.37. The molecule has 5 heteroatoms. The van der Waals surface area contributed by atoms with Crippen LogP contribution in [-0.4, -0.2) is 31.4 Å². The van der Waals surface area contributed by atoms with Crippen LogP contribution in [-0.2, 0) is 23.9 Å². The molecule has 0 aromatic carbocycles. The molecule has 0 heterocycles. The Morgan fingerprint density at radius 2 is 1.79 bits per heavy atom. The maximum atomic E-state index is 11.7. The first-order valence-corrected chi connectivity index (χ1v) is 6.57. The maximum Gasteiger partial charge on any atom is 0.316 e. The van der Waals surface area contributed by atoms with E-state index in [1.54, 1.807) is 13.8 Å². The Morgan fingerprint density at radius 1 is 1.21 bits per heavy atom. The van der Waals surface area contributed by atoms with Gasteiger partial charge in [0.05, 0.1) is 19.1 Å². The van der Waals surface area contributed by atoms with Crippen LogP contribution in [0.25, 0.3) is 0 Å². The van der Waals surface area contributed by atoms with Crippen molar-refractivity contribution in [3.63, 3.8) is 0 Å². The quantitative estimate of drug-likeness (QED) is 0.500. The van der Waals surface area contributed by atoms with Crippen LogP contribution in [0.2, 0.25) is 0 Å². The van der Waals surface area contributed by atoms with Crippen LogP contribution >= 0.6 is 0 Å². The van der Waals surface area contributed by atoms with Crippen molar-refractivity contribution in [3.05, 3.63) is 0 Å². The number of carbonyl (C=O) groups is 3. The molecule has 0 rings (SSSR count). The van der Waals surface area contributed by atoms with E-state index in [0.717, 1.165) is 0 Å². The van der Waals surface area contributed by atoms with Crippen molar-refractivity contribution in [1.29, 1.82) is 0 Å². The lowest BCUT2D eigenvalue weighted by molar-refractivity contribution is -0.158. The third-order valence-corrected chi connectivity index (χ3v) is 3.54. The number of esters is 2. The molecule has 19 heavy (non-hydrogen) atoms. The van der Waals surface area contributed by atoms with Crippen molar-refractivity contribution in [1.82, 2.24) is 0 Å². The number of Topliss-reactive ketones (excluding diaryl/α,β-unsaturated/α-hetero) is 1. The van der Waals surface area contributed by atoms with Crippen LogP contribution in [0.5, 0.6) is 0 Å². The summed E-state index contributed by atoms with van der Waals surface area (Å²) >= 11 is 0. The maximum absolute atomic E-state index is 11.7. The normalized spacial score (nSPS) is 15.2. The molecule has 0 radical (unpaired) electrons. The second kappa shape index (κ2) is 7.92. The number of ketones is 1. The van der Waals surface area contributed by atoms with Gasteiger partial charge in [0.1, 0.15) is 11.7 Å². The lowest BCUT2D eigenvalue weighted by atomic mass is 9.84. The predicted molar refractivity (Wildman–Crippen MR) is 70.5 cm³/mol. The minimum Gasteiger partial charge on any atom is -0.469 e. The molecule has 2 atom stereocenters. The molecular weight excluding hydrogens is 248 g/mol. The van der Waals surface area contributed by atoms with Crippen molar-refractivity contribution >= 4 is 17.7 Å². The monoisotopic (exact) mass is 272 g/mol. The highest BCUT2D eigenvalue weighted by atomic mass is 16.5. The molecule has 0 aromatic rings. The van der Waals surface area contributed by atoms with E-state index in [2.05, 4.69) is 0 Å². The van der Waals surface area contributed by atoms with Gasteiger partial charge >= 0.3 is 11.9 Å². The molecule has 0 saturated carbocycles. The summed E-state index contributed by atoms with van der Waals surface area (Å²) in [5.74, 6) is -1.73. The van der Waals surface area contributed by atoms with E-state index in [1.165, 1.54) is 14.0 Å². The van der Waals surface area contributed by atoms with Crippen LogP contribution in [0.1, 0.15) is 47.0 Å². The molecule has 0 aromatic heterocycles. The zero-order chi connectivity index (χ0) is 15.1. The molecule has 0 aliphatic carbocycles. The van der Waals surface area contributed by atoms with E-state index < -0.39 is 17.3 Å². The lowest BCUT2D eigenvalue weighted by Crippen LogP contribution is -2.31. The van der Waals surface area contributed by atoms with E-state index in [4.69, 9.17) is 9.47 Å². The summed E-state index contributed by atoms with van der Waals surface area (Å²) in [5, 5.41) is 0. The van der Waals surface area contributed by atoms with E-state index >= 15 is 0 Å². The van der Waals surface area contributed by atoms with Gasteiger partial charge in [0.15, 0.2) is 0 Å². The molecule has 0 N–H and O–H groups in total. The molecular formula is C14H24O5. The average molecular weight is 272 g/mol. The Balaban J connectivity index is 4.39. The van der Waals surface area contributed by atoms with Crippen LogP contribution in [0.4, 0.5) is 0 Å². The van der Waals surface area contributed by atoms with Gasteiger partial charge < -0.3 is 9.47 Å². The van der Waals surface area contributed by atoms with E-state index in [1.807, 2.05) is 6.92 Å². The molecule has 0 aliphatic rings. The summed E-state index contributed by atoms with van der Waals surface area (Å²) in [6, 6.07) is 0. The van der Waals surface area contributed by atoms with Gasteiger partial charge in [-0.25, -0.2) is 0 Å². The topological polar surface area (TPSA) is 69.7 Å². The summed E-state index contributed by atoms with van der Waals surface area (Å²) in [6.07, 6.45) is 1.41. The highest BCUT2D eigenvalue weighted by Crippen LogP contribution is 2.27. The van der Waals surface area contributed by atoms with Gasteiger partial charge in [-0.05, 0) is 33.1 Å². The van der Waals surface area contributed by atoms with Crippen LogP contribution in [0.3, 0.4) is 0 Å². The third kappa shape index (κ3) is 5.01. The zero-order valence-electron chi connectivity index (χ0n) is 12.4. The molecule has 2 unspecified atom stereocenters. The summed E-state index contributed by atoms with van der Waals surface area (Å²) < 4.78 is 9.82. The minimum absolute atomic E-state index is 0.113. The van der Waals surface area contributed by atoms with Gasteiger partial charge in [-0.2, -0.15) is 0 Å². The number of rotatable bonds is 8. The molecule has 110 valence electrons. The number of hydrogen-bond acceptors (Lipinski definition) is 5. The molecule has 0 bridgehead atoms. The highest BCUT2D eigenvalue weighted by Gasteiger charge is 2.33. The molecule has 0 aliphatic heterocycles. The Morgan fingerprint density at radius 3 is 2.16 bits per heavy atom. The van der Waals surface area contributed by atoms with Gasteiger partial charge in [-0.15, -0.1) is 0 Å². The molecule has 0 amide bonds. The predicted octanol–water partition coefficient (Wildman–Crippen LogP) is 2.12. The minimum atomic E-state index is -0.703. The number of hydrogen-bond donors (Lipinski definition) is 0. The van der Waals surface area contributed by atoms with E-state index in [9.17, 15) is 14.4 Å². The smallest absolute Gasteiger partial charge is 0.316 e. The Labute approximate surface area is 114 Å². The van der Waals surface area contributed by atoms with E-state index in [-0.39, 0.29) is 18.4 Å². The van der Waals surface area contributed by atoms with Gasteiger partial charge in [-0.3, -0.25) is 14.4 Å². The first-order chi connectivity index (χ1) is 8.82. The summed E-state index contributed by atoms with van der Waals surface area (Å²) in [5.41, 5.74) is -0.660. The highest BCUT2D eigenvalue weighted by molar-refractivity contribution is 5.97. The largest absolute Gasteiger partial charge is 0.469 e. The molecule has 0 fully saturated rings. The first-order valence-electron chi connectivity index (χ1n) is 6.57. The zero-order valence-corrected chi connectivity index (χ0v) is 12.4. The Hall–Kier alpha value is -1.39. The Kier molecular flexibility index (Phi) is 7.34. The van der Waals surface area contributed by atoms with Crippen molar-refractivity contribution < 1.29 is 23.9 Å². The van der Waals surface area contributed by atoms with Crippen molar-refractivity contribution in [2.45, 2.75) is 47.0 Å². The van der Waals surface area contributed by atoms with Crippen molar-refractivity contribution in [3.8, 4) is 0 Å². The summed E-state index contributed by atoms with van der Waals surface area (Å²) in [4.78, 5) is 34.5. The fourth-order valence-electron chi connectivity index (χ4n) is 1.77. The summed E-state index contributed by atoms with van der Waals surface area (Å²) in [6.45, 7) is 6.90. The number of carbonyl (C=O) groups excluding carboxylic acids is 3. The van der Waals surface area contributed by atoms with Crippen LogP contribution in [0, 0.1) is 11.3 Å². The fraction of sp³-hybridized carbons (Fsp3) is 0.786. The van der Waals surface area contributed by atoms with Gasteiger partial charge in [0.25, 0.3) is 0 Å². The van der Waals surface area contributed by atoms with Gasteiger partial charge in [0.2, 0.25) is 0 Å². The SMILES string of the molecule is CCC(C(C)=O)C(=O)OCCC(C)(CC)C(=O)OC. The molecule has 0 spiro atoms. The van der Waals surface area contributed by atoms with Crippen molar-refractivity contribution in [2.24, 2.45) is 11.3 Å². The molecule has 0 saturated heterocycles. The standard InChI is InChI=1S/C14H24O5/c1-6-11(10(3)15)12(16)19-9-8-14(4,7-2)13(17)18-5/h11H,6-9H2,1-5H3. The van der Waals surface area contributed by atoms with Gasteiger partial charge in [0, 0.05) is 0 Å². The van der Waals surface area contributed by atoms with E-state index in [0.29, 0.717) is 19.3 Å². The number of ether oxygens (including phenoxy) is 2. The second-order valence-electron chi connectivity index (χ2n) is 4.89. The second-order valence-corrected chi connectivity index (χ2v) is 4.89. The molecule has 5 nitrogen and oxygen atoms in total. The van der Waals surface area contributed by atoms with Gasteiger partial charge in [-0.1, -0.05) is 13.8 Å². The third-order valence-electron chi connectivity index (χ3n) is 3.54. The van der Waals surface area contributed by atoms with Crippen LogP contribution in [0.15, 0.2) is 0 Å². The summed E-state index contributed by atoms with van der Waals surface area (Å²) in [7, 11) is 1.34.